The Morgan fingerprint density at radius 2 is 1.89 bits per heavy atom. The summed E-state index contributed by atoms with van der Waals surface area (Å²) in [6.07, 6.45) is 0.412. The van der Waals surface area contributed by atoms with Gasteiger partial charge in [0, 0.05) is 24.2 Å². The lowest BCUT2D eigenvalue weighted by molar-refractivity contribution is 0.0951. The molecule has 0 saturated heterocycles. The van der Waals surface area contributed by atoms with Crippen LogP contribution in [0.15, 0.2) is 47.0 Å². The van der Waals surface area contributed by atoms with Crippen LogP contribution in [0.3, 0.4) is 0 Å². The Hall–Kier alpha value is -3.55. The lowest BCUT2D eigenvalue weighted by Gasteiger charge is -2.11. The van der Waals surface area contributed by atoms with E-state index in [4.69, 9.17) is 4.52 Å². The number of anilines is 1. The molecular formula is C20H19FN4O3. The molecule has 1 heterocycles. The molecule has 7 nitrogen and oxygen atoms in total. The standard InChI is InChI=1S/C20H19FN4O3/c1-12-7-8-14(19(26)22-10-9-18-23-13(2)25-28-18)11-17(12)24-20(27)15-5-3-4-6-16(15)21/h3-8,11H,9-10H2,1-2H3,(H,22,26)(H,24,27). The van der Waals surface area contributed by atoms with Crippen LogP contribution in [0.5, 0.6) is 0 Å². The SMILES string of the molecule is Cc1noc(CCNC(=O)c2ccc(C)c(NC(=O)c3ccccc3F)c2)n1. The zero-order valence-electron chi connectivity index (χ0n) is 15.5. The zero-order valence-corrected chi connectivity index (χ0v) is 15.5. The number of rotatable bonds is 6. The fraction of sp³-hybridized carbons (Fsp3) is 0.200. The average Bonchev–Trinajstić information content (AvgIpc) is 3.08. The molecule has 1 aromatic heterocycles. The number of carbonyl (C=O) groups excluding carboxylic acids is 2. The van der Waals surface area contributed by atoms with E-state index in [1.807, 2.05) is 0 Å². The van der Waals surface area contributed by atoms with Gasteiger partial charge in [-0.05, 0) is 43.7 Å². The molecule has 0 bridgehead atoms. The number of carbonyl (C=O) groups is 2. The Morgan fingerprint density at radius 1 is 1.11 bits per heavy atom. The van der Waals surface area contributed by atoms with Crippen molar-refractivity contribution in [1.82, 2.24) is 15.5 Å². The number of nitrogens with zero attached hydrogens (tertiary/aromatic N) is 2. The fourth-order valence-electron chi connectivity index (χ4n) is 2.56. The van der Waals surface area contributed by atoms with E-state index in [9.17, 15) is 14.0 Å². The molecule has 0 spiro atoms. The van der Waals surface area contributed by atoms with Gasteiger partial charge in [-0.1, -0.05) is 23.4 Å². The van der Waals surface area contributed by atoms with Crippen molar-refractivity contribution in [3.8, 4) is 0 Å². The first kappa shape index (κ1) is 19.2. The predicted molar refractivity (Wildman–Crippen MR) is 101 cm³/mol. The van der Waals surface area contributed by atoms with Gasteiger partial charge in [-0.15, -0.1) is 0 Å². The number of aryl methyl sites for hydroxylation is 2. The third-order valence-electron chi connectivity index (χ3n) is 4.06. The normalized spacial score (nSPS) is 10.5. The van der Waals surface area contributed by atoms with Crippen LogP contribution in [-0.4, -0.2) is 28.5 Å². The Balaban J connectivity index is 1.66. The van der Waals surface area contributed by atoms with Gasteiger partial charge in [0.25, 0.3) is 11.8 Å². The maximum Gasteiger partial charge on any atom is 0.258 e. The summed E-state index contributed by atoms with van der Waals surface area (Å²) in [6.45, 7) is 3.83. The number of amides is 2. The minimum atomic E-state index is -0.609. The summed E-state index contributed by atoms with van der Waals surface area (Å²) < 4.78 is 18.8. The van der Waals surface area contributed by atoms with Crippen molar-refractivity contribution in [3.63, 3.8) is 0 Å². The van der Waals surface area contributed by atoms with Crippen molar-refractivity contribution in [1.29, 1.82) is 0 Å². The molecule has 3 aromatic rings. The molecule has 0 atom stereocenters. The first-order chi connectivity index (χ1) is 13.4. The van der Waals surface area contributed by atoms with E-state index in [0.717, 1.165) is 5.56 Å². The first-order valence-electron chi connectivity index (χ1n) is 8.68. The monoisotopic (exact) mass is 382 g/mol. The maximum atomic E-state index is 13.8. The summed E-state index contributed by atoms with van der Waals surface area (Å²) in [7, 11) is 0. The van der Waals surface area contributed by atoms with Crippen LogP contribution < -0.4 is 10.6 Å². The Morgan fingerprint density at radius 3 is 2.61 bits per heavy atom. The van der Waals surface area contributed by atoms with Gasteiger partial charge in [0.15, 0.2) is 5.82 Å². The quantitative estimate of drug-likeness (QED) is 0.683. The third kappa shape index (κ3) is 4.59. The third-order valence-corrected chi connectivity index (χ3v) is 4.06. The van der Waals surface area contributed by atoms with Crippen molar-refractivity contribution in [2.24, 2.45) is 0 Å². The molecule has 0 saturated carbocycles. The highest BCUT2D eigenvalue weighted by atomic mass is 19.1. The van der Waals surface area contributed by atoms with Gasteiger partial charge in [0.05, 0.1) is 5.56 Å². The highest BCUT2D eigenvalue weighted by molar-refractivity contribution is 6.05. The van der Waals surface area contributed by atoms with E-state index in [0.29, 0.717) is 35.9 Å². The minimum Gasteiger partial charge on any atom is -0.352 e. The van der Waals surface area contributed by atoms with Gasteiger partial charge in [0.2, 0.25) is 5.89 Å². The minimum absolute atomic E-state index is 0.0633. The summed E-state index contributed by atoms with van der Waals surface area (Å²) in [6, 6.07) is 10.6. The average molecular weight is 382 g/mol. The van der Waals surface area contributed by atoms with E-state index in [-0.39, 0.29) is 11.5 Å². The predicted octanol–water partition coefficient (Wildman–Crippen LogP) is 3.05. The summed E-state index contributed by atoms with van der Waals surface area (Å²) >= 11 is 0. The van der Waals surface area contributed by atoms with E-state index in [2.05, 4.69) is 20.8 Å². The van der Waals surface area contributed by atoms with Gasteiger partial charge < -0.3 is 15.2 Å². The second-order valence-electron chi connectivity index (χ2n) is 6.20. The van der Waals surface area contributed by atoms with E-state index in [1.165, 1.54) is 18.2 Å². The molecule has 8 heteroatoms. The topological polar surface area (TPSA) is 97.1 Å². The fourth-order valence-corrected chi connectivity index (χ4v) is 2.56. The van der Waals surface area contributed by atoms with Gasteiger partial charge in [-0.25, -0.2) is 4.39 Å². The van der Waals surface area contributed by atoms with Crippen LogP contribution in [0.25, 0.3) is 0 Å². The van der Waals surface area contributed by atoms with Gasteiger partial charge in [0.1, 0.15) is 5.82 Å². The molecule has 3 rings (SSSR count). The lowest BCUT2D eigenvalue weighted by Crippen LogP contribution is -2.26. The molecule has 0 aliphatic heterocycles. The van der Waals surface area contributed by atoms with Crippen molar-refractivity contribution >= 4 is 17.5 Å². The largest absolute Gasteiger partial charge is 0.352 e. The van der Waals surface area contributed by atoms with Crippen LogP contribution >= 0.6 is 0 Å². The Labute approximate surface area is 161 Å². The van der Waals surface area contributed by atoms with Gasteiger partial charge in [-0.2, -0.15) is 4.98 Å². The number of halogens is 1. The Bertz CT molecular complexity index is 1020. The molecule has 2 amide bonds. The first-order valence-corrected chi connectivity index (χ1v) is 8.68. The number of hydrogen-bond donors (Lipinski definition) is 2. The Kier molecular flexibility index (Phi) is 5.78. The van der Waals surface area contributed by atoms with Crippen LogP contribution in [-0.2, 0) is 6.42 Å². The van der Waals surface area contributed by atoms with Crippen LogP contribution in [0.2, 0.25) is 0 Å². The molecular weight excluding hydrogens is 363 g/mol. The molecule has 28 heavy (non-hydrogen) atoms. The summed E-state index contributed by atoms with van der Waals surface area (Å²) in [5, 5.41) is 9.10. The molecule has 2 aromatic carbocycles. The highest BCUT2D eigenvalue weighted by Crippen LogP contribution is 2.19. The number of aromatic nitrogens is 2. The second-order valence-corrected chi connectivity index (χ2v) is 6.20. The highest BCUT2D eigenvalue weighted by Gasteiger charge is 2.14. The summed E-state index contributed by atoms with van der Waals surface area (Å²) in [5.74, 6) is -0.513. The van der Waals surface area contributed by atoms with E-state index < -0.39 is 11.7 Å². The van der Waals surface area contributed by atoms with Crippen molar-refractivity contribution in [2.45, 2.75) is 20.3 Å². The molecule has 2 N–H and O–H groups in total. The summed E-state index contributed by atoms with van der Waals surface area (Å²) in [5.41, 5.74) is 1.50. The molecule has 0 fully saturated rings. The van der Waals surface area contributed by atoms with Crippen LogP contribution in [0.4, 0.5) is 10.1 Å². The smallest absolute Gasteiger partial charge is 0.258 e. The molecule has 0 unspecified atom stereocenters. The van der Waals surface area contributed by atoms with E-state index in [1.54, 1.807) is 38.1 Å². The molecule has 0 radical (unpaired) electrons. The molecule has 144 valence electrons. The zero-order chi connectivity index (χ0) is 20.1. The second kappa shape index (κ2) is 8.43. The van der Waals surface area contributed by atoms with Gasteiger partial charge in [-0.3, -0.25) is 9.59 Å². The number of benzene rings is 2. The summed E-state index contributed by atoms with van der Waals surface area (Å²) in [4.78, 5) is 28.8. The molecule has 0 aliphatic rings. The van der Waals surface area contributed by atoms with Crippen LogP contribution in [0.1, 0.15) is 38.0 Å². The van der Waals surface area contributed by atoms with Crippen molar-refractivity contribution in [3.05, 3.63) is 76.7 Å². The van der Waals surface area contributed by atoms with Crippen molar-refractivity contribution in [2.75, 3.05) is 11.9 Å². The van der Waals surface area contributed by atoms with Crippen LogP contribution in [0, 0.1) is 19.7 Å². The lowest BCUT2D eigenvalue weighted by atomic mass is 10.1. The van der Waals surface area contributed by atoms with E-state index >= 15 is 0 Å². The molecule has 0 aliphatic carbocycles. The number of hydrogen-bond acceptors (Lipinski definition) is 5. The number of nitrogens with one attached hydrogen (secondary N) is 2. The maximum absolute atomic E-state index is 13.8. The van der Waals surface area contributed by atoms with Crippen molar-refractivity contribution < 1.29 is 18.5 Å². The van der Waals surface area contributed by atoms with Gasteiger partial charge >= 0.3 is 0 Å².